The Labute approximate surface area is 207 Å². The highest BCUT2D eigenvalue weighted by molar-refractivity contribution is 5.96. The van der Waals surface area contributed by atoms with Crippen LogP contribution in [0.25, 0.3) is 0 Å². The maximum Gasteiger partial charge on any atom is 0.310 e. The first-order valence-corrected chi connectivity index (χ1v) is 10.1. The third-order valence-electron chi connectivity index (χ3n) is 3.43. The highest BCUT2D eigenvalue weighted by Crippen LogP contribution is 2.17. The molecule has 0 spiro atoms. The van der Waals surface area contributed by atoms with Crippen molar-refractivity contribution in [3.63, 3.8) is 0 Å². The SMILES string of the molecule is CC(=O)OC(C)=O.CC(=O)Oc1ccccc1C(N)=O.NC(=O)c1ccccc1O.c1ccncc1. The number of amides is 2. The van der Waals surface area contributed by atoms with Gasteiger partial charge in [-0.05, 0) is 36.4 Å². The molecule has 190 valence electrons. The first kappa shape index (κ1) is 30.9. The number of benzene rings is 2. The molecule has 0 bridgehead atoms. The number of pyridine rings is 1. The van der Waals surface area contributed by atoms with Crippen molar-refractivity contribution in [1.82, 2.24) is 4.98 Å². The van der Waals surface area contributed by atoms with Crippen LogP contribution in [0.4, 0.5) is 0 Å². The molecule has 0 unspecified atom stereocenters. The van der Waals surface area contributed by atoms with Gasteiger partial charge >= 0.3 is 17.9 Å². The fourth-order valence-electron chi connectivity index (χ4n) is 2.11. The highest BCUT2D eigenvalue weighted by atomic mass is 16.6. The molecule has 11 heteroatoms. The van der Waals surface area contributed by atoms with Crippen LogP contribution in [0.5, 0.6) is 11.5 Å². The van der Waals surface area contributed by atoms with E-state index in [1.165, 1.54) is 45.0 Å². The third kappa shape index (κ3) is 14.9. The van der Waals surface area contributed by atoms with Gasteiger partial charge in [-0.3, -0.25) is 29.0 Å². The van der Waals surface area contributed by atoms with Crippen molar-refractivity contribution in [3.8, 4) is 11.5 Å². The maximum absolute atomic E-state index is 10.8. The topological polar surface area (TPSA) is 189 Å². The minimum Gasteiger partial charge on any atom is -0.507 e. The Balaban J connectivity index is 0.000000475. The average molecular weight is 498 g/mol. The van der Waals surface area contributed by atoms with Gasteiger partial charge in [0.25, 0.3) is 11.8 Å². The molecule has 0 saturated carbocycles. The van der Waals surface area contributed by atoms with Gasteiger partial charge in [0.05, 0.1) is 11.1 Å². The molecular formula is C25H27N3O8. The van der Waals surface area contributed by atoms with E-state index in [-0.39, 0.29) is 22.6 Å². The predicted octanol–water partition coefficient (Wildman–Crippen LogP) is 2.38. The summed E-state index contributed by atoms with van der Waals surface area (Å²) in [5.41, 5.74) is 10.3. The zero-order valence-electron chi connectivity index (χ0n) is 19.9. The molecule has 2 amide bonds. The number of rotatable bonds is 3. The number of aromatic nitrogens is 1. The molecule has 0 aliphatic rings. The minimum absolute atomic E-state index is 0.0741. The Hall–Kier alpha value is -5.06. The second kappa shape index (κ2) is 17.4. The van der Waals surface area contributed by atoms with E-state index < -0.39 is 29.7 Å². The summed E-state index contributed by atoms with van der Waals surface area (Å²) in [6, 6.07) is 18.2. The highest BCUT2D eigenvalue weighted by Gasteiger charge is 2.09. The van der Waals surface area contributed by atoms with Crippen LogP contribution < -0.4 is 16.2 Å². The lowest BCUT2D eigenvalue weighted by Crippen LogP contribution is -2.14. The van der Waals surface area contributed by atoms with Crippen molar-refractivity contribution in [2.45, 2.75) is 20.8 Å². The average Bonchev–Trinajstić information content (AvgIpc) is 2.80. The molecule has 1 heterocycles. The third-order valence-corrected chi connectivity index (χ3v) is 3.43. The van der Waals surface area contributed by atoms with Gasteiger partial charge in [0.2, 0.25) is 0 Å². The standard InChI is InChI=1S/C9H9NO3.C7H7NO2.C5H5N.C4H6O3/c1-6(11)13-8-5-3-2-4-7(8)9(10)12;8-7(10)5-3-1-2-4-6(5)9;1-2-4-6-5-3-1;1-3(5)7-4(2)6/h2-5H,1H3,(H2,10,12);1-4,9H,(H2,8,10);1-5H;1-2H3. The predicted molar refractivity (Wildman–Crippen MR) is 130 cm³/mol. The van der Waals surface area contributed by atoms with E-state index in [1.807, 2.05) is 18.2 Å². The van der Waals surface area contributed by atoms with Crippen LogP contribution in [0.1, 0.15) is 41.5 Å². The van der Waals surface area contributed by atoms with E-state index in [4.69, 9.17) is 21.3 Å². The van der Waals surface area contributed by atoms with Crippen LogP contribution >= 0.6 is 0 Å². The number of hydrogen-bond acceptors (Lipinski definition) is 9. The lowest BCUT2D eigenvalue weighted by Gasteiger charge is -2.04. The quantitative estimate of drug-likeness (QED) is 0.277. The van der Waals surface area contributed by atoms with Gasteiger partial charge in [0, 0.05) is 33.2 Å². The van der Waals surface area contributed by atoms with E-state index in [0.29, 0.717) is 0 Å². The van der Waals surface area contributed by atoms with Crippen molar-refractivity contribution in [2.75, 3.05) is 0 Å². The monoisotopic (exact) mass is 497 g/mol. The van der Waals surface area contributed by atoms with Crippen molar-refractivity contribution < 1.29 is 38.6 Å². The number of carbonyl (C=O) groups is 5. The molecule has 0 radical (unpaired) electrons. The summed E-state index contributed by atoms with van der Waals surface area (Å²) < 4.78 is 8.74. The van der Waals surface area contributed by atoms with Crippen LogP contribution in [-0.2, 0) is 19.1 Å². The fourth-order valence-corrected chi connectivity index (χ4v) is 2.11. The molecule has 3 aromatic rings. The normalized spacial score (nSPS) is 8.75. The molecule has 0 fully saturated rings. The Morgan fingerprint density at radius 1 is 0.667 bits per heavy atom. The Bertz CT molecular complexity index is 1110. The number of phenols is 1. The van der Waals surface area contributed by atoms with E-state index in [1.54, 1.807) is 36.7 Å². The van der Waals surface area contributed by atoms with Crippen molar-refractivity contribution in [1.29, 1.82) is 0 Å². The number of hydrogen-bond donors (Lipinski definition) is 3. The van der Waals surface area contributed by atoms with E-state index >= 15 is 0 Å². The molecule has 3 rings (SSSR count). The van der Waals surface area contributed by atoms with Crippen molar-refractivity contribution in [2.24, 2.45) is 11.5 Å². The van der Waals surface area contributed by atoms with Gasteiger partial charge in [-0.15, -0.1) is 0 Å². The molecular weight excluding hydrogens is 470 g/mol. The van der Waals surface area contributed by atoms with E-state index in [0.717, 1.165) is 0 Å². The summed E-state index contributed by atoms with van der Waals surface area (Å²) in [7, 11) is 0. The van der Waals surface area contributed by atoms with Gasteiger partial charge in [-0.1, -0.05) is 30.3 Å². The Morgan fingerprint density at radius 3 is 1.44 bits per heavy atom. The van der Waals surface area contributed by atoms with Gasteiger partial charge in [-0.25, -0.2) is 0 Å². The summed E-state index contributed by atoms with van der Waals surface area (Å²) in [4.78, 5) is 55.3. The lowest BCUT2D eigenvalue weighted by molar-refractivity contribution is -0.156. The van der Waals surface area contributed by atoms with Crippen LogP contribution in [0.2, 0.25) is 0 Å². The molecule has 1 aromatic heterocycles. The molecule has 0 saturated heterocycles. The van der Waals surface area contributed by atoms with Crippen LogP contribution in [0.15, 0.2) is 79.1 Å². The zero-order valence-corrected chi connectivity index (χ0v) is 19.9. The van der Waals surface area contributed by atoms with Crippen LogP contribution in [-0.4, -0.2) is 39.8 Å². The summed E-state index contributed by atoms with van der Waals surface area (Å²) in [5, 5.41) is 8.98. The smallest absolute Gasteiger partial charge is 0.310 e. The van der Waals surface area contributed by atoms with E-state index in [2.05, 4.69) is 9.72 Å². The number of nitrogens with two attached hydrogens (primary N) is 2. The molecule has 5 N–H and O–H groups in total. The Morgan fingerprint density at radius 2 is 1.14 bits per heavy atom. The zero-order chi connectivity index (χ0) is 27.5. The van der Waals surface area contributed by atoms with Gasteiger partial charge < -0.3 is 26.0 Å². The molecule has 36 heavy (non-hydrogen) atoms. The molecule has 11 nitrogen and oxygen atoms in total. The van der Waals surface area contributed by atoms with E-state index in [9.17, 15) is 24.0 Å². The van der Waals surface area contributed by atoms with Crippen molar-refractivity contribution >= 4 is 29.7 Å². The summed E-state index contributed by atoms with van der Waals surface area (Å²) in [6.07, 6.45) is 3.50. The number of primary amides is 2. The summed E-state index contributed by atoms with van der Waals surface area (Å²) >= 11 is 0. The number of ether oxygens (including phenoxy) is 2. The fraction of sp³-hybridized carbons (Fsp3) is 0.120. The Kier molecular flexibility index (Phi) is 15.0. The largest absolute Gasteiger partial charge is 0.507 e. The summed E-state index contributed by atoms with van der Waals surface area (Å²) in [6.45, 7) is 3.63. The van der Waals surface area contributed by atoms with Crippen LogP contribution in [0, 0.1) is 0 Å². The number of nitrogens with zero attached hydrogens (tertiary/aromatic N) is 1. The number of carbonyl (C=O) groups excluding carboxylic acids is 5. The number of para-hydroxylation sites is 2. The molecule has 0 aliphatic carbocycles. The first-order chi connectivity index (χ1) is 17.0. The van der Waals surface area contributed by atoms with Gasteiger partial charge in [0.1, 0.15) is 11.5 Å². The molecule has 0 aliphatic heterocycles. The molecule has 2 aromatic carbocycles. The minimum atomic E-state index is -0.614. The second-order valence-electron chi connectivity index (χ2n) is 6.45. The summed E-state index contributed by atoms with van der Waals surface area (Å²) in [5.74, 6) is -2.71. The van der Waals surface area contributed by atoms with Crippen LogP contribution in [0.3, 0.4) is 0 Å². The second-order valence-corrected chi connectivity index (χ2v) is 6.45. The molecule has 0 atom stereocenters. The first-order valence-electron chi connectivity index (χ1n) is 10.1. The number of aromatic hydroxyl groups is 1. The van der Waals surface area contributed by atoms with Gasteiger partial charge in [0.15, 0.2) is 0 Å². The number of esters is 3. The van der Waals surface area contributed by atoms with Gasteiger partial charge in [-0.2, -0.15) is 0 Å². The lowest BCUT2D eigenvalue weighted by atomic mass is 10.2. The van der Waals surface area contributed by atoms with Crippen molar-refractivity contribution in [3.05, 3.63) is 90.3 Å². The maximum atomic E-state index is 10.8.